The summed E-state index contributed by atoms with van der Waals surface area (Å²) in [4.78, 5) is 12.5. The zero-order valence-corrected chi connectivity index (χ0v) is 17.1. The Kier molecular flexibility index (Phi) is 5.52. The standard InChI is InChI=1S/C19H29BN2O5/c1-13-14(10-11-20-26-18(2,3)19(4,5)27-20)16(17(23)24-6)22(21-13)15-9-7-8-12-25-15/h10-11,15H,7-9,12H2,1-6H3. The normalized spacial score (nSPS) is 24.5. The van der Waals surface area contributed by atoms with E-state index in [4.69, 9.17) is 18.8 Å². The molecule has 0 radical (unpaired) electrons. The van der Waals surface area contributed by atoms with Gasteiger partial charge in [0.1, 0.15) is 0 Å². The Morgan fingerprint density at radius 1 is 1.26 bits per heavy atom. The van der Waals surface area contributed by atoms with Crippen molar-refractivity contribution < 1.29 is 23.6 Å². The van der Waals surface area contributed by atoms with Crippen LogP contribution in [0.25, 0.3) is 6.08 Å². The number of esters is 1. The lowest BCUT2D eigenvalue weighted by molar-refractivity contribution is -0.0416. The van der Waals surface area contributed by atoms with Crippen molar-refractivity contribution >= 4 is 19.2 Å². The van der Waals surface area contributed by atoms with Crippen LogP contribution in [0.1, 0.15) is 74.9 Å². The highest BCUT2D eigenvalue weighted by molar-refractivity contribution is 6.52. The molecule has 0 bridgehead atoms. The Balaban J connectivity index is 1.91. The molecule has 1 aromatic rings. The van der Waals surface area contributed by atoms with Crippen molar-refractivity contribution in [3.05, 3.63) is 22.9 Å². The number of carbonyl (C=O) groups is 1. The summed E-state index contributed by atoms with van der Waals surface area (Å²) in [5.41, 5.74) is 1.00. The summed E-state index contributed by atoms with van der Waals surface area (Å²) in [5, 5.41) is 4.56. The van der Waals surface area contributed by atoms with Crippen molar-refractivity contribution in [2.24, 2.45) is 0 Å². The molecule has 1 aromatic heterocycles. The molecule has 7 nitrogen and oxygen atoms in total. The lowest BCUT2D eigenvalue weighted by Crippen LogP contribution is -2.41. The molecule has 0 aliphatic carbocycles. The minimum Gasteiger partial charge on any atom is -0.464 e. The molecule has 3 rings (SSSR count). The summed E-state index contributed by atoms with van der Waals surface area (Å²) in [6.45, 7) is 10.6. The third-order valence-corrected chi connectivity index (χ3v) is 5.63. The second kappa shape index (κ2) is 7.41. The predicted molar refractivity (Wildman–Crippen MR) is 102 cm³/mol. The molecule has 2 fully saturated rings. The van der Waals surface area contributed by atoms with Gasteiger partial charge in [-0.15, -0.1) is 0 Å². The Bertz CT molecular complexity index is 719. The summed E-state index contributed by atoms with van der Waals surface area (Å²) >= 11 is 0. The highest BCUT2D eigenvalue weighted by Crippen LogP contribution is 2.37. The van der Waals surface area contributed by atoms with Crippen molar-refractivity contribution in [1.29, 1.82) is 0 Å². The summed E-state index contributed by atoms with van der Waals surface area (Å²) in [6.07, 6.45) is 4.48. The highest BCUT2D eigenvalue weighted by atomic mass is 16.7. The molecule has 148 valence electrons. The van der Waals surface area contributed by atoms with Crippen molar-refractivity contribution in [1.82, 2.24) is 9.78 Å². The molecule has 2 aliphatic heterocycles. The second-order valence-corrected chi connectivity index (χ2v) is 8.09. The van der Waals surface area contributed by atoms with Gasteiger partial charge in [0, 0.05) is 12.2 Å². The maximum absolute atomic E-state index is 12.5. The molecule has 2 aliphatic rings. The van der Waals surface area contributed by atoms with E-state index in [0.29, 0.717) is 17.9 Å². The molecule has 0 aromatic carbocycles. The third kappa shape index (κ3) is 3.84. The minimum absolute atomic E-state index is 0.245. The van der Waals surface area contributed by atoms with E-state index in [1.807, 2.05) is 46.7 Å². The number of aromatic nitrogens is 2. The maximum Gasteiger partial charge on any atom is 0.487 e. The average molecular weight is 376 g/mol. The highest BCUT2D eigenvalue weighted by Gasteiger charge is 2.50. The van der Waals surface area contributed by atoms with Gasteiger partial charge in [0.2, 0.25) is 0 Å². The summed E-state index contributed by atoms with van der Waals surface area (Å²) in [5.74, 6) is 1.39. The monoisotopic (exact) mass is 376 g/mol. The van der Waals surface area contributed by atoms with Gasteiger partial charge in [0.05, 0.1) is 24.0 Å². The van der Waals surface area contributed by atoms with E-state index in [1.54, 1.807) is 4.68 Å². The van der Waals surface area contributed by atoms with Crippen molar-refractivity contribution in [2.75, 3.05) is 13.7 Å². The Morgan fingerprint density at radius 3 is 2.48 bits per heavy atom. The fourth-order valence-corrected chi connectivity index (χ4v) is 3.33. The lowest BCUT2D eigenvalue weighted by atomic mass is 9.89. The third-order valence-electron chi connectivity index (χ3n) is 5.63. The molecule has 2 saturated heterocycles. The summed E-state index contributed by atoms with van der Waals surface area (Å²) in [6, 6.07) is 0. The number of nitrogens with zero attached hydrogens (tertiary/aromatic N) is 2. The molecule has 3 heterocycles. The number of hydrogen-bond acceptors (Lipinski definition) is 6. The number of carbonyl (C=O) groups excluding carboxylic acids is 1. The van der Waals surface area contributed by atoms with Crippen LogP contribution in [0.3, 0.4) is 0 Å². The molecule has 8 heteroatoms. The number of hydrogen-bond donors (Lipinski definition) is 0. The molecule has 0 amide bonds. The van der Waals surface area contributed by atoms with Crippen LogP contribution in [0.15, 0.2) is 5.98 Å². The molecule has 0 spiro atoms. The topological polar surface area (TPSA) is 71.8 Å². The number of methoxy groups -OCH3 is 1. The first-order chi connectivity index (χ1) is 12.7. The van der Waals surface area contributed by atoms with Crippen molar-refractivity contribution in [3.63, 3.8) is 0 Å². The van der Waals surface area contributed by atoms with Crippen LogP contribution in [0.4, 0.5) is 0 Å². The molecule has 0 N–H and O–H groups in total. The van der Waals surface area contributed by atoms with Crippen molar-refractivity contribution in [3.8, 4) is 0 Å². The van der Waals surface area contributed by atoms with Gasteiger partial charge in [-0.3, -0.25) is 0 Å². The minimum atomic E-state index is -0.492. The second-order valence-electron chi connectivity index (χ2n) is 8.09. The van der Waals surface area contributed by atoms with Gasteiger partial charge >= 0.3 is 13.1 Å². The summed E-state index contributed by atoms with van der Waals surface area (Å²) < 4.78 is 24.5. The van der Waals surface area contributed by atoms with E-state index < -0.39 is 24.3 Å². The van der Waals surface area contributed by atoms with E-state index in [-0.39, 0.29) is 6.23 Å². The molecule has 27 heavy (non-hydrogen) atoms. The largest absolute Gasteiger partial charge is 0.487 e. The van der Waals surface area contributed by atoms with E-state index in [1.165, 1.54) is 7.11 Å². The van der Waals surface area contributed by atoms with Crippen LogP contribution in [-0.4, -0.2) is 47.8 Å². The zero-order chi connectivity index (χ0) is 19.8. The molecular weight excluding hydrogens is 347 g/mol. The van der Waals surface area contributed by atoms with Gasteiger partial charge < -0.3 is 18.8 Å². The van der Waals surface area contributed by atoms with Crippen LogP contribution >= 0.6 is 0 Å². The SMILES string of the molecule is COC(=O)c1c(C=CB2OC(C)(C)C(C)(C)O2)c(C)nn1C1CCCCO1. The lowest BCUT2D eigenvalue weighted by Gasteiger charge is -2.32. The van der Waals surface area contributed by atoms with E-state index in [0.717, 1.165) is 25.0 Å². The number of ether oxygens (including phenoxy) is 2. The van der Waals surface area contributed by atoms with Crippen LogP contribution in [-0.2, 0) is 18.8 Å². The van der Waals surface area contributed by atoms with Crippen LogP contribution in [0.5, 0.6) is 0 Å². The smallest absolute Gasteiger partial charge is 0.464 e. The van der Waals surface area contributed by atoms with Gasteiger partial charge in [-0.25, -0.2) is 9.48 Å². The molecular formula is C19H29BN2O5. The van der Waals surface area contributed by atoms with Crippen LogP contribution in [0, 0.1) is 6.92 Å². The first kappa shape index (κ1) is 20.1. The van der Waals surface area contributed by atoms with E-state index in [9.17, 15) is 4.79 Å². The van der Waals surface area contributed by atoms with Gasteiger partial charge in [0.15, 0.2) is 11.9 Å². The predicted octanol–water partition coefficient (Wildman–Crippen LogP) is 3.32. The molecule has 0 saturated carbocycles. The van der Waals surface area contributed by atoms with Gasteiger partial charge in [-0.2, -0.15) is 5.10 Å². The maximum atomic E-state index is 12.5. The number of rotatable bonds is 4. The van der Waals surface area contributed by atoms with Gasteiger partial charge in [0.25, 0.3) is 0 Å². The van der Waals surface area contributed by atoms with Gasteiger partial charge in [-0.05, 0) is 53.9 Å². The molecule has 1 atom stereocenters. The first-order valence-electron chi connectivity index (χ1n) is 9.49. The number of aryl methyl sites for hydroxylation is 1. The zero-order valence-electron chi connectivity index (χ0n) is 17.1. The van der Waals surface area contributed by atoms with Crippen molar-refractivity contribution in [2.45, 2.75) is 71.3 Å². The van der Waals surface area contributed by atoms with Crippen LogP contribution < -0.4 is 0 Å². The Labute approximate surface area is 161 Å². The van der Waals surface area contributed by atoms with Gasteiger partial charge in [-0.1, -0.05) is 12.1 Å². The van der Waals surface area contributed by atoms with E-state index >= 15 is 0 Å². The van der Waals surface area contributed by atoms with E-state index in [2.05, 4.69) is 5.10 Å². The fraction of sp³-hybridized carbons (Fsp3) is 0.684. The fourth-order valence-electron chi connectivity index (χ4n) is 3.33. The molecule has 1 unspecified atom stereocenters. The average Bonchev–Trinajstić information content (AvgIpc) is 3.05. The summed E-state index contributed by atoms with van der Waals surface area (Å²) in [7, 11) is 0.882. The Morgan fingerprint density at radius 2 is 1.93 bits per heavy atom. The first-order valence-corrected chi connectivity index (χ1v) is 9.49. The quantitative estimate of drug-likeness (QED) is 0.593. The Hall–Kier alpha value is -1.64. The van der Waals surface area contributed by atoms with Crippen LogP contribution in [0.2, 0.25) is 0 Å².